The van der Waals surface area contributed by atoms with Crippen LogP contribution in [0.4, 0.5) is 4.39 Å². The second-order valence-corrected chi connectivity index (χ2v) is 5.37. The molecule has 0 atom stereocenters. The molecule has 0 amide bonds. The summed E-state index contributed by atoms with van der Waals surface area (Å²) in [6.45, 7) is 7.47. The smallest absolute Gasteiger partial charge is 0.191 e. The van der Waals surface area contributed by atoms with Crippen molar-refractivity contribution in [3.63, 3.8) is 0 Å². The van der Waals surface area contributed by atoms with E-state index in [1.807, 2.05) is 19.9 Å². The van der Waals surface area contributed by atoms with Crippen LogP contribution in [0, 0.1) is 5.82 Å². The molecule has 4 nitrogen and oxygen atoms in total. The van der Waals surface area contributed by atoms with Crippen molar-refractivity contribution < 1.29 is 9.13 Å². The van der Waals surface area contributed by atoms with Gasteiger partial charge in [-0.2, -0.15) is 0 Å². The van der Waals surface area contributed by atoms with Crippen molar-refractivity contribution in [3.8, 4) is 0 Å². The molecule has 0 unspecified atom stereocenters. The summed E-state index contributed by atoms with van der Waals surface area (Å²) in [7, 11) is 0. The first-order chi connectivity index (χ1) is 10.2. The largest absolute Gasteiger partial charge is 0.382 e. The van der Waals surface area contributed by atoms with E-state index in [1.165, 1.54) is 12.1 Å². The van der Waals surface area contributed by atoms with Crippen LogP contribution in [0.25, 0.3) is 0 Å². The molecular formula is C15H24BrFIN3O. The molecule has 0 saturated carbocycles. The zero-order chi connectivity index (χ0) is 15.5. The van der Waals surface area contributed by atoms with E-state index >= 15 is 0 Å². The highest BCUT2D eigenvalue weighted by atomic mass is 127. The molecule has 1 aromatic carbocycles. The van der Waals surface area contributed by atoms with Gasteiger partial charge in [-0.05, 0) is 44.0 Å². The summed E-state index contributed by atoms with van der Waals surface area (Å²) in [6, 6.07) is 4.79. The maximum absolute atomic E-state index is 13.3. The van der Waals surface area contributed by atoms with E-state index in [2.05, 4.69) is 31.6 Å². The Bertz CT molecular complexity index is 440. The van der Waals surface area contributed by atoms with Gasteiger partial charge in [-0.25, -0.2) is 9.38 Å². The summed E-state index contributed by atoms with van der Waals surface area (Å²) in [4.78, 5) is 4.45. The number of aliphatic imine (C=N–C) groups is 1. The van der Waals surface area contributed by atoms with Gasteiger partial charge in [-0.15, -0.1) is 24.0 Å². The minimum Gasteiger partial charge on any atom is -0.382 e. The molecule has 0 aliphatic heterocycles. The van der Waals surface area contributed by atoms with Gasteiger partial charge in [-0.1, -0.05) is 15.9 Å². The Labute approximate surface area is 157 Å². The van der Waals surface area contributed by atoms with Gasteiger partial charge in [0.1, 0.15) is 5.82 Å². The zero-order valence-electron chi connectivity index (χ0n) is 13.0. The van der Waals surface area contributed by atoms with Crippen molar-refractivity contribution in [3.05, 3.63) is 34.1 Å². The predicted octanol–water partition coefficient (Wildman–Crippen LogP) is 3.69. The Hall–Kier alpha value is -0.410. The topological polar surface area (TPSA) is 45.7 Å². The van der Waals surface area contributed by atoms with Crippen LogP contribution < -0.4 is 10.6 Å². The highest BCUT2D eigenvalue weighted by molar-refractivity contribution is 14.0. The minimum atomic E-state index is -0.260. The van der Waals surface area contributed by atoms with Crippen LogP contribution in [0.2, 0.25) is 0 Å². The number of benzene rings is 1. The second-order valence-electron chi connectivity index (χ2n) is 4.45. The van der Waals surface area contributed by atoms with Crippen LogP contribution in [0.3, 0.4) is 0 Å². The molecule has 1 rings (SSSR count). The number of nitrogens with zero attached hydrogens (tertiary/aromatic N) is 1. The number of hydrogen-bond donors (Lipinski definition) is 2. The summed E-state index contributed by atoms with van der Waals surface area (Å²) in [5, 5.41) is 6.40. The lowest BCUT2D eigenvalue weighted by Crippen LogP contribution is -2.38. The highest BCUT2D eigenvalue weighted by Gasteiger charge is 2.00. The highest BCUT2D eigenvalue weighted by Crippen LogP contribution is 2.15. The average molecular weight is 488 g/mol. The van der Waals surface area contributed by atoms with Crippen LogP contribution in [0.1, 0.15) is 25.8 Å². The Balaban J connectivity index is 0.00000441. The van der Waals surface area contributed by atoms with Gasteiger partial charge in [0.15, 0.2) is 5.96 Å². The molecule has 0 heterocycles. The molecule has 0 radical (unpaired) electrons. The van der Waals surface area contributed by atoms with Crippen LogP contribution >= 0.6 is 39.9 Å². The molecule has 126 valence electrons. The average Bonchev–Trinajstić information content (AvgIpc) is 2.43. The van der Waals surface area contributed by atoms with Crippen molar-refractivity contribution in [1.82, 2.24) is 10.6 Å². The van der Waals surface area contributed by atoms with E-state index in [4.69, 9.17) is 4.74 Å². The van der Waals surface area contributed by atoms with E-state index in [9.17, 15) is 4.39 Å². The third kappa shape index (κ3) is 9.58. The number of hydrogen-bond acceptors (Lipinski definition) is 2. The monoisotopic (exact) mass is 487 g/mol. The van der Waals surface area contributed by atoms with Crippen molar-refractivity contribution in [2.75, 3.05) is 26.3 Å². The molecule has 0 bridgehead atoms. The number of guanidine groups is 1. The van der Waals surface area contributed by atoms with Gasteiger partial charge in [0.05, 0.1) is 6.54 Å². The Morgan fingerprint density at radius 1 is 1.27 bits per heavy atom. The first-order valence-electron chi connectivity index (χ1n) is 7.20. The molecule has 1 aromatic rings. The maximum Gasteiger partial charge on any atom is 0.191 e. The van der Waals surface area contributed by atoms with Crippen molar-refractivity contribution in [2.24, 2.45) is 4.99 Å². The maximum atomic E-state index is 13.3. The van der Waals surface area contributed by atoms with Crippen LogP contribution in [0.5, 0.6) is 0 Å². The fourth-order valence-corrected chi connectivity index (χ4v) is 2.25. The number of rotatable bonds is 8. The Morgan fingerprint density at radius 3 is 2.68 bits per heavy atom. The van der Waals surface area contributed by atoms with Gasteiger partial charge in [-0.3, -0.25) is 0 Å². The fourth-order valence-electron chi connectivity index (χ4n) is 1.74. The molecule has 0 saturated heterocycles. The van der Waals surface area contributed by atoms with E-state index in [0.717, 1.165) is 48.7 Å². The van der Waals surface area contributed by atoms with Crippen molar-refractivity contribution in [1.29, 1.82) is 0 Å². The Morgan fingerprint density at radius 2 is 2.05 bits per heavy atom. The minimum absolute atomic E-state index is 0. The quantitative estimate of drug-likeness (QED) is 0.254. The zero-order valence-corrected chi connectivity index (χ0v) is 16.9. The summed E-state index contributed by atoms with van der Waals surface area (Å²) in [5.74, 6) is 0.471. The van der Waals surface area contributed by atoms with Crippen molar-refractivity contribution in [2.45, 2.75) is 26.8 Å². The third-order valence-electron chi connectivity index (χ3n) is 2.65. The first kappa shape index (κ1) is 21.6. The van der Waals surface area contributed by atoms with Gasteiger partial charge < -0.3 is 15.4 Å². The van der Waals surface area contributed by atoms with Gasteiger partial charge in [0, 0.05) is 30.8 Å². The molecule has 0 spiro atoms. The molecule has 7 heteroatoms. The fraction of sp³-hybridized carbons (Fsp3) is 0.533. The molecule has 0 aromatic heterocycles. The third-order valence-corrected chi connectivity index (χ3v) is 3.11. The summed E-state index contributed by atoms with van der Waals surface area (Å²) in [6.07, 6.45) is 0.920. The molecule has 0 aliphatic rings. The lowest BCUT2D eigenvalue weighted by Gasteiger charge is -2.11. The van der Waals surface area contributed by atoms with E-state index in [-0.39, 0.29) is 29.8 Å². The number of nitrogens with one attached hydrogen (secondary N) is 2. The van der Waals surface area contributed by atoms with E-state index in [1.54, 1.807) is 0 Å². The van der Waals surface area contributed by atoms with E-state index < -0.39 is 0 Å². The van der Waals surface area contributed by atoms with Crippen LogP contribution in [-0.2, 0) is 11.3 Å². The summed E-state index contributed by atoms with van der Waals surface area (Å²) >= 11 is 3.28. The summed E-state index contributed by atoms with van der Waals surface area (Å²) < 4.78 is 19.3. The predicted molar refractivity (Wildman–Crippen MR) is 103 cm³/mol. The molecular weight excluding hydrogens is 464 g/mol. The lowest BCUT2D eigenvalue weighted by atomic mass is 10.2. The lowest BCUT2D eigenvalue weighted by molar-refractivity contribution is 0.145. The normalized spacial score (nSPS) is 11.0. The SMILES string of the molecule is CCNC(=NCc1cc(F)cc(Br)c1)NCCCOCC.I. The van der Waals surface area contributed by atoms with Gasteiger partial charge in [0.2, 0.25) is 0 Å². The molecule has 0 aliphatic carbocycles. The van der Waals surface area contributed by atoms with Gasteiger partial charge in [0.25, 0.3) is 0 Å². The van der Waals surface area contributed by atoms with Crippen molar-refractivity contribution >= 4 is 45.9 Å². The standard InChI is InChI=1S/C15H23BrFN3O.HI/c1-3-18-15(19-6-5-7-21-4-2)20-11-12-8-13(16)10-14(17)9-12;/h8-10H,3-7,11H2,1-2H3,(H2,18,19,20);1H. The summed E-state index contributed by atoms with van der Waals surface area (Å²) in [5.41, 5.74) is 0.827. The van der Waals surface area contributed by atoms with Crippen LogP contribution in [-0.4, -0.2) is 32.3 Å². The molecule has 2 N–H and O–H groups in total. The number of ether oxygens (including phenoxy) is 1. The second kappa shape index (κ2) is 13.1. The van der Waals surface area contributed by atoms with Crippen LogP contribution in [0.15, 0.2) is 27.7 Å². The van der Waals surface area contributed by atoms with Gasteiger partial charge >= 0.3 is 0 Å². The molecule has 0 fully saturated rings. The van der Waals surface area contributed by atoms with E-state index in [0.29, 0.717) is 6.54 Å². The Kier molecular flexibility index (Phi) is 12.8. The molecule has 22 heavy (non-hydrogen) atoms. The first-order valence-corrected chi connectivity index (χ1v) is 8.00. The number of halogens is 3.